The average Bonchev–Trinajstić information content (AvgIpc) is 3.05. The fraction of sp³-hybridized carbons (Fsp3) is 0.0556. The minimum absolute atomic E-state index is 0.285. The van der Waals surface area contributed by atoms with E-state index in [1.54, 1.807) is 12.4 Å². The van der Waals surface area contributed by atoms with E-state index >= 15 is 0 Å². The second-order valence-electron chi connectivity index (χ2n) is 5.55. The van der Waals surface area contributed by atoms with Crippen molar-refractivity contribution in [2.24, 2.45) is 0 Å². The summed E-state index contributed by atoms with van der Waals surface area (Å²) in [6.45, 7) is 0. The number of pyridine rings is 1. The molecular weight excluding hydrogens is 343 g/mol. The SMILES string of the molecule is FC(F)(F)c1ccc(Nc2ncc3ccn(-c4ccccn4)c3n2)cc1. The Morgan fingerprint density at radius 3 is 2.42 bits per heavy atom. The van der Waals surface area contributed by atoms with E-state index in [2.05, 4.69) is 20.3 Å². The molecule has 0 aliphatic heterocycles. The summed E-state index contributed by atoms with van der Waals surface area (Å²) in [7, 11) is 0. The van der Waals surface area contributed by atoms with E-state index in [1.807, 2.05) is 35.0 Å². The average molecular weight is 355 g/mol. The Hall–Kier alpha value is -3.42. The quantitative estimate of drug-likeness (QED) is 0.585. The maximum Gasteiger partial charge on any atom is 0.416 e. The van der Waals surface area contributed by atoms with Gasteiger partial charge in [-0.2, -0.15) is 18.2 Å². The van der Waals surface area contributed by atoms with Crippen LogP contribution in [0.4, 0.5) is 24.8 Å². The van der Waals surface area contributed by atoms with Crippen LogP contribution in [-0.4, -0.2) is 19.5 Å². The minimum atomic E-state index is -4.36. The number of fused-ring (bicyclic) bond motifs is 1. The van der Waals surface area contributed by atoms with Gasteiger partial charge in [-0.3, -0.25) is 4.57 Å². The Balaban J connectivity index is 1.65. The minimum Gasteiger partial charge on any atom is -0.324 e. The van der Waals surface area contributed by atoms with Gasteiger partial charge in [0.05, 0.1) is 5.56 Å². The van der Waals surface area contributed by atoms with Gasteiger partial charge in [0, 0.05) is 29.7 Å². The summed E-state index contributed by atoms with van der Waals surface area (Å²) in [4.78, 5) is 13.0. The van der Waals surface area contributed by atoms with Crippen molar-refractivity contribution < 1.29 is 13.2 Å². The molecular formula is C18H12F3N5. The second kappa shape index (κ2) is 6.14. The molecule has 0 saturated carbocycles. The van der Waals surface area contributed by atoms with Gasteiger partial charge in [-0.05, 0) is 42.5 Å². The van der Waals surface area contributed by atoms with E-state index in [-0.39, 0.29) is 5.95 Å². The molecule has 130 valence electrons. The number of hydrogen-bond acceptors (Lipinski definition) is 4. The van der Waals surface area contributed by atoms with Gasteiger partial charge in [-0.1, -0.05) is 6.07 Å². The second-order valence-corrected chi connectivity index (χ2v) is 5.55. The van der Waals surface area contributed by atoms with Gasteiger partial charge in [0.1, 0.15) is 5.82 Å². The van der Waals surface area contributed by atoms with Crippen molar-refractivity contribution in [2.45, 2.75) is 6.18 Å². The molecule has 4 aromatic rings. The molecule has 3 aromatic heterocycles. The first-order chi connectivity index (χ1) is 12.5. The van der Waals surface area contributed by atoms with Crippen LogP contribution >= 0.6 is 0 Å². The van der Waals surface area contributed by atoms with Crippen LogP contribution in [-0.2, 0) is 6.18 Å². The highest BCUT2D eigenvalue weighted by molar-refractivity contribution is 5.78. The summed E-state index contributed by atoms with van der Waals surface area (Å²) in [5.41, 5.74) is 0.407. The summed E-state index contributed by atoms with van der Waals surface area (Å²) < 4.78 is 39.7. The molecule has 0 aliphatic rings. The van der Waals surface area contributed by atoms with Crippen LogP contribution in [0.3, 0.4) is 0 Å². The van der Waals surface area contributed by atoms with Gasteiger partial charge in [-0.25, -0.2) is 9.97 Å². The third kappa shape index (κ3) is 3.08. The summed E-state index contributed by atoms with van der Waals surface area (Å²) in [5.74, 6) is 0.995. The first kappa shape index (κ1) is 16.1. The van der Waals surface area contributed by atoms with Gasteiger partial charge in [0.25, 0.3) is 0 Å². The maximum absolute atomic E-state index is 12.6. The van der Waals surface area contributed by atoms with E-state index < -0.39 is 11.7 Å². The molecule has 1 N–H and O–H groups in total. The van der Waals surface area contributed by atoms with E-state index in [0.717, 1.165) is 17.5 Å². The first-order valence-corrected chi connectivity index (χ1v) is 7.70. The summed E-state index contributed by atoms with van der Waals surface area (Å²) >= 11 is 0. The van der Waals surface area contributed by atoms with Crippen LogP contribution in [0.5, 0.6) is 0 Å². The number of benzene rings is 1. The predicted molar refractivity (Wildman–Crippen MR) is 91.4 cm³/mol. The zero-order valence-electron chi connectivity index (χ0n) is 13.3. The number of alkyl halides is 3. The molecule has 0 aliphatic carbocycles. The lowest BCUT2D eigenvalue weighted by molar-refractivity contribution is -0.137. The Bertz CT molecular complexity index is 1040. The largest absolute Gasteiger partial charge is 0.416 e. The maximum atomic E-state index is 12.6. The van der Waals surface area contributed by atoms with Crippen LogP contribution in [0.25, 0.3) is 16.9 Å². The van der Waals surface area contributed by atoms with E-state index in [9.17, 15) is 13.2 Å². The number of rotatable bonds is 3. The zero-order valence-corrected chi connectivity index (χ0v) is 13.3. The number of nitrogens with zero attached hydrogens (tertiary/aromatic N) is 4. The van der Waals surface area contributed by atoms with Crippen LogP contribution in [0.1, 0.15) is 5.56 Å². The van der Waals surface area contributed by atoms with Crippen molar-refractivity contribution in [3.63, 3.8) is 0 Å². The number of halogens is 3. The molecule has 0 fully saturated rings. The highest BCUT2D eigenvalue weighted by Crippen LogP contribution is 2.30. The molecule has 0 saturated heterocycles. The fourth-order valence-corrected chi connectivity index (χ4v) is 2.53. The molecule has 4 rings (SSSR count). The highest BCUT2D eigenvalue weighted by Gasteiger charge is 2.29. The lowest BCUT2D eigenvalue weighted by atomic mass is 10.2. The van der Waals surface area contributed by atoms with E-state index in [4.69, 9.17) is 0 Å². The Morgan fingerprint density at radius 2 is 1.73 bits per heavy atom. The molecule has 3 heterocycles. The summed E-state index contributed by atoms with van der Waals surface area (Å²) in [6.07, 6.45) is 0.805. The van der Waals surface area contributed by atoms with E-state index in [0.29, 0.717) is 17.2 Å². The molecule has 1 aromatic carbocycles. The van der Waals surface area contributed by atoms with Crippen molar-refractivity contribution in [1.29, 1.82) is 0 Å². The fourth-order valence-electron chi connectivity index (χ4n) is 2.53. The number of nitrogens with one attached hydrogen (secondary N) is 1. The molecule has 0 unspecified atom stereocenters. The first-order valence-electron chi connectivity index (χ1n) is 7.70. The molecule has 5 nitrogen and oxygen atoms in total. The van der Waals surface area contributed by atoms with Crippen molar-refractivity contribution in [3.05, 3.63) is 72.7 Å². The molecule has 0 radical (unpaired) electrons. The van der Waals surface area contributed by atoms with Crippen LogP contribution in [0.2, 0.25) is 0 Å². The zero-order chi connectivity index (χ0) is 18.1. The van der Waals surface area contributed by atoms with Gasteiger partial charge >= 0.3 is 6.18 Å². The van der Waals surface area contributed by atoms with Gasteiger partial charge in [0.2, 0.25) is 5.95 Å². The summed E-state index contributed by atoms with van der Waals surface area (Å²) in [5, 5.41) is 3.75. The lowest BCUT2D eigenvalue weighted by Gasteiger charge is -2.09. The molecule has 0 bridgehead atoms. The smallest absolute Gasteiger partial charge is 0.324 e. The molecule has 0 atom stereocenters. The third-order valence-corrected chi connectivity index (χ3v) is 3.79. The van der Waals surface area contributed by atoms with Gasteiger partial charge in [0.15, 0.2) is 5.65 Å². The number of aromatic nitrogens is 4. The Labute approximate surface area is 146 Å². The van der Waals surface area contributed by atoms with Gasteiger partial charge in [-0.15, -0.1) is 0 Å². The number of anilines is 2. The predicted octanol–water partition coefficient (Wildman–Crippen LogP) is 4.58. The van der Waals surface area contributed by atoms with Crippen molar-refractivity contribution in [2.75, 3.05) is 5.32 Å². The molecule has 0 spiro atoms. The topological polar surface area (TPSA) is 55.6 Å². The Morgan fingerprint density at radius 1 is 0.923 bits per heavy atom. The van der Waals surface area contributed by atoms with Crippen LogP contribution in [0.15, 0.2) is 67.1 Å². The van der Waals surface area contributed by atoms with Crippen LogP contribution < -0.4 is 5.32 Å². The third-order valence-electron chi connectivity index (χ3n) is 3.79. The van der Waals surface area contributed by atoms with Crippen molar-refractivity contribution in [3.8, 4) is 5.82 Å². The van der Waals surface area contributed by atoms with E-state index in [1.165, 1.54) is 12.1 Å². The normalized spacial score (nSPS) is 11.7. The molecule has 26 heavy (non-hydrogen) atoms. The summed E-state index contributed by atoms with van der Waals surface area (Å²) in [6, 6.07) is 12.1. The van der Waals surface area contributed by atoms with Crippen molar-refractivity contribution in [1.82, 2.24) is 19.5 Å². The number of hydrogen-bond donors (Lipinski definition) is 1. The lowest BCUT2D eigenvalue weighted by Crippen LogP contribution is -2.05. The molecule has 0 amide bonds. The molecule has 8 heteroatoms. The highest BCUT2D eigenvalue weighted by atomic mass is 19.4. The standard InChI is InChI=1S/C18H12F3N5/c19-18(20,21)13-4-6-14(7-5-13)24-17-23-11-12-8-10-26(16(12)25-17)15-3-1-2-9-22-15/h1-11H,(H,23,24,25). The van der Waals surface area contributed by atoms with Crippen LogP contribution in [0, 0.1) is 0 Å². The monoisotopic (exact) mass is 355 g/mol. The Kier molecular flexibility index (Phi) is 3.80. The van der Waals surface area contributed by atoms with Crippen molar-refractivity contribution >= 4 is 22.7 Å². The van der Waals surface area contributed by atoms with Gasteiger partial charge < -0.3 is 5.32 Å².